The van der Waals surface area contributed by atoms with Gasteiger partial charge < -0.3 is 20.7 Å². The third-order valence-corrected chi connectivity index (χ3v) is 3.05. The van der Waals surface area contributed by atoms with Gasteiger partial charge in [0.1, 0.15) is 11.8 Å². The van der Waals surface area contributed by atoms with Crippen molar-refractivity contribution in [3.63, 3.8) is 0 Å². The van der Waals surface area contributed by atoms with Crippen LogP contribution in [-0.2, 0) is 11.2 Å². The normalized spacial score (nSPS) is 15.4. The zero-order chi connectivity index (χ0) is 15.3. The lowest BCUT2D eigenvalue weighted by Crippen LogP contribution is -2.49. The number of anilines is 1. The number of aliphatic hydroxyl groups is 1. The molecule has 1 aromatic carbocycles. The molecule has 0 aliphatic heterocycles. The van der Waals surface area contributed by atoms with Gasteiger partial charge in [-0.05, 0) is 38.0 Å². The van der Waals surface area contributed by atoms with E-state index in [4.69, 9.17) is 15.6 Å². The van der Waals surface area contributed by atoms with Crippen LogP contribution in [-0.4, -0.2) is 41.5 Å². The van der Waals surface area contributed by atoms with Gasteiger partial charge in [0.2, 0.25) is 0 Å². The van der Waals surface area contributed by atoms with E-state index in [1.807, 2.05) is 13.0 Å². The number of nitrogens with one attached hydrogen (secondary N) is 1. The van der Waals surface area contributed by atoms with Gasteiger partial charge in [-0.1, -0.05) is 6.07 Å². The van der Waals surface area contributed by atoms with Crippen LogP contribution >= 0.6 is 0 Å². The largest absolute Gasteiger partial charge is 0.495 e. The Kier molecular flexibility index (Phi) is 5.79. The first-order chi connectivity index (χ1) is 9.35. The van der Waals surface area contributed by atoms with Crippen molar-refractivity contribution in [2.45, 2.75) is 38.5 Å². The summed E-state index contributed by atoms with van der Waals surface area (Å²) in [5, 5.41) is 21.3. The second kappa shape index (κ2) is 7.12. The molecule has 0 bridgehead atoms. The van der Waals surface area contributed by atoms with Crippen LogP contribution in [0, 0.1) is 0 Å². The zero-order valence-corrected chi connectivity index (χ0v) is 12.0. The highest BCUT2D eigenvalue weighted by molar-refractivity contribution is 5.74. The highest BCUT2D eigenvalue weighted by Gasteiger charge is 2.24. The van der Waals surface area contributed by atoms with Crippen LogP contribution in [0.25, 0.3) is 0 Å². The number of aliphatic hydroxyl groups excluding tert-OH is 1. The molecular weight excluding hydrogens is 260 g/mol. The van der Waals surface area contributed by atoms with Crippen molar-refractivity contribution in [2.24, 2.45) is 0 Å². The van der Waals surface area contributed by atoms with Crippen molar-refractivity contribution in [1.82, 2.24) is 5.32 Å². The van der Waals surface area contributed by atoms with Crippen molar-refractivity contribution in [3.05, 3.63) is 23.8 Å². The summed E-state index contributed by atoms with van der Waals surface area (Å²) in [7, 11) is 1.55. The molecule has 0 aliphatic carbocycles. The van der Waals surface area contributed by atoms with Crippen molar-refractivity contribution in [1.29, 1.82) is 0 Å². The van der Waals surface area contributed by atoms with E-state index in [1.54, 1.807) is 19.2 Å². The van der Waals surface area contributed by atoms with Gasteiger partial charge in [-0.2, -0.15) is 0 Å². The molecule has 3 unspecified atom stereocenters. The van der Waals surface area contributed by atoms with Gasteiger partial charge in [-0.3, -0.25) is 10.1 Å². The molecule has 0 saturated carbocycles. The summed E-state index contributed by atoms with van der Waals surface area (Å²) in [6.45, 7) is 3.31. The molecule has 112 valence electrons. The van der Waals surface area contributed by atoms with Crippen LogP contribution in [0.1, 0.15) is 19.4 Å². The Balaban J connectivity index is 2.68. The van der Waals surface area contributed by atoms with E-state index in [1.165, 1.54) is 6.92 Å². The fourth-order valence-corrected chi connectivity index (χ4v) is 2.05. The second-order valence-corrected chi connectivity index (χ2v) is 4.90. The predicted octanol–water partition coefficient (Wildman–Crippen LogP) is 0.632. The Labute approximate surface area is 118 Å². The SMILES string of the molecule is COc1ccc(CC(C)NC(C(=O)O)C(C)O)cc1N. The van der Waals surface area contributed by atoms with E-state index in [0.717, 1.165) is 5.56 Å². The maximum Gasteiger partial charge on any atom is 0.323 e. The summed E-state index contributed by atoms with van der Waals surface area (Å²) in [6, 6.07) is 4.36. The standard InChI is InChI=1S/C14H22N2O4/c1-8(16-13(9(2)17)14(18)19)6-10-4-5-12(20-3)11(15)7-10/h4-5,7-9,13,16-17H,6,15H2,1-3H3,(H,18,19). The van der Waals surface area contributed by atoms with Gasteiger partial charge in [-0.15, -0.1) is 0 Å². The minimum atomic E-state index is -1.07. The van der Waals surface area contributed by atoms with Crippen LogP contribution in [0.15, 0.2) is 18.2 Å². The van der Waals surface area contributed by atoms with Gasteiger partial charge in [0.25, 0.3) is 0 Å². The van der Waals surface area contributed by atoms with Crippen LogP contribution in [0.4, 0.5) is 5.69 Å². The minimum Gasteiger partial charge on any atom is -0.495 e. The smallest absolute Gasteiger partial charge is 0.323 e. The molecule has 0 aliphatic rings. The molecular formula is C14H22N2O4. The molecule has 0 amide bonds. The molecule has 20 heavy (non-hydrogen) atoms. The van der Waals surface area contributed by atoms with Crippen molar-refractivity contribution < 1.29 is 19.7 Å². The topological polar surface area (TPSA) is 105 Å². The van der Waals surface area contributed by atoms with Crippen LogP contribution in [0.2, 0.25) is 0 Å². The molecule has 0 fully saturated rings. The van der Waals surface area contributed by atoms with Gasteiger partial charge in [0.15, 0.2) is 0 Å². The van der Waals surface area contributed by atoms with Gasteiger partial charge in [0.05, 0.1) is 18.9 Å². The Morgan fingerprint density at radius 1 is 1.45 bits per heavy atom. The number of carbonyl (C=O) groups is 1. The summed E-state index contributed by atoms with van der Waals surface area (Å²) in [5.41, 5.74) is 7.34. The fourth-order valence-electron chi connectivity index (χ4n) is 2.05. The first-order valence-corrected chi connectivity index (χ1v) is 6.44. The maximum atomic E-state index is 11.0. The monoisotopic (exact) mass is 282 g/mol. The van der Waals surface area contributed by atoms with E-state index < -0.39 is 18.1 Å². The average molecular weight is 282 g/mol. The molecule has 0 aromatic heterocycles. The molecule has 1 rings (SSSR count). The fraction of sp³-hybridized carbons (Fsp3) is 0.500. The second-order valence-electron chi connectivity index (χ2n) is 4.90. The third-order valence-electron chi connectivity index (χ3n) is 3.05. The highest BCUT2D eigenvalue weighted by atomic mass is 16.5. The summed E-state index contributed by atoms with van der Waals surface area (Å²) < 4.78 is 5.08. The molecule has 0 saturated heterocycles. The molecule has 1 aromatic rings. The minimum absolute atomic E-state index is 0.113. The van der Waals surface area contributed by atoms with Gasteiger partial charge in [-0.25, -0.2) is 0 Å². The third kappa shape index (κ3) is 4.40. The number of hydrogen-bond acceptors (Lipinski definition) is 5. The Morgan fingerprint density at radius 3 is 2.55 bits per heavy atom. The lowest BCUT2D eigenvalue weighted by Gasteiger charge is -2.22. The van der Waals surface area contributed by atoms with Crippen molar-refractivity contribution >= 4 is 11.7 Å². The first kappa shape index (κ1) is 16.3. The molecule has 0 heterocycles. The van der Waals surface area contributed by atoms with Gasteiger partial charge in [0, 0.05) is 6.04 Å². The van der Waals surface area contributed by atoms with Crippen LogP contribution in [0.3, 0.4) is 0 Å². The van der Waals surface area contributed by atoms with Crippen molar-refractivity contribution in [3.8, 4) is 5.75 Å². The molecule has 5 N–H and O–H groups in total. The zero-order valence-electron chi connectivity index (χ0n) is 12.0. The number of ether oxygens (including phenoxy) is 1. The first-order valence-electron chi connectivity index (χ1n) is 6.44. The number of carboxylic acid groups (broad SMARTS) is 1. The van der Waals surface area contributed by atoms with E-state index in [2.05, 4.69) is 5.32 Å². The van der Waals surface area contributed by atoms with E-state index >= 15 is 0 Å². The molecule has 6 heteroatoms. The predicted molar refractivity (Wildman–Crippen MR) is 76.8 cm³/mol. The van der Waals surface area contributed by atoms with E-state index in [0.29, 0.717) is 17.9 Å². The Bertz CT molecular complexity index is 462. The van der Waals surface area contributed by atoms with Gasteiger partial charge >= 0.3 is 5.97 Å². The number of aliphatic carboxylic acids is 1. The Morgan fingerprint density at radius 2 is 2.10 bits per heavy atom. The molecule has 3 atom stereocenters. The lowest BCUT2D eigenvalue weighted by atomic mass is 10.0. The molecule has 6 nitrogen and oxygen atoms in total. The van der Waals surface area contributed by atoms with Crippen LogP contribution < -0.4 is 15.8 Å². The summed E-state index contributed by atoms with van der Waals surface area (Å²) >= 11 is 0. The molecule has 0 radical (unpaired) electrons. The summed E-state index contributed by atoms with van der Waals surface area (Å²) in [6.07, 6.45) is -0.360. The number of nitrogens with two attached hydrogens (primary N) is 1. The Hall–Kier alpha value is -1.79. The number of carboxylic acids is 1. The number of methoxy groups -OCH3 is 1. The van der Waals surface area contributed by atoms with Crippen LogP contribution in [0.5, 0.6) is 5.75 Å². The van der Waals surface area contributed by atoms with E-state index in [9.17, 15) is 9.90 Å². The quantitative estimate of drug-likeness (QED) is 0.547. The average Bonchev–Trinajstić information content (AvgIpc) is 2.35. The van der Waals surface area contributed by atoms with Crippen molar-refractivity contribution in [2.75, 3.05) is 12.8 Å². The summed E-state index contributed by atoms with van der Waals surface area (Å²) in [5.74, 6) is -0.456. The maximum absolute atomic E-state index is 11.0. The van der Waals surface area contributed by atoms with E-state index in [-0.39, 0.29) is 6.04 Å². The highest BCUT2D eigenvalue weighted by Crippen LogP contribution is 2.22. The summed E-state index contributed by atoms with van der Waals surface area (Å²) in [4.78, 5) is 11.0. The molecule has 0 spiro atoms. The number of benzene rings is 1. The lowest BCUT2D eigenvalue weighted by molar-refractivity contribution is -0.142. The number of rotatable bonds is 7. The number of nitrogen functional groups attached to an aromatic ring is 1. The number of hydrogen-bond donors (Lipinski definition) is 4.